The first kappa shape index (κ1) is 20.2. The van der Waals surface area contributed by atoms with E-state index in [-0.39, 0.29) is 25.1 Å². The number of benzene rings is 1. The third-order valence-electron chi connectivity index (χ3n) is 3.52. The summed E-state index contributed by atoms with van der Waals surface area (Å²) in [7, 11) is 1.56. The third kappa shape index (κ3) is 5.45. The van der Waals surface area contributed by atoms with E-state index in [1.54, 1.807) is 43.7 Å². The SMILES string of the molecule is CCOC(=O)c1c(-c2ccc(OC)cc2)csc1NC(=O)NCCC(=O)O. The van der Waals surface area contributed by atoms with Crippen molar-refractivity contribution < 1.29 is 29.0 Å². The van der Waals surface area contributed by atoms with E-state index in [1.165, 1.54) is 11.3 Å². The molecular formula is C18H20N2O6S. The predicted octanol–water partition coefficient (Wildman–Crippen LogP) is 3.20. The van der Waals surface area contributed by atoms with Crippen molar-refractivity contribution in [3.8, 4) is 16.9 Å². The lowest BCUT2D eigenvalue weighted by molar-refractivity contribution is -0.136. The zero-order chi connectivity index (χ0) is 19.8. The zero-order valence-electron chi connectivity index (χ0n) is 14.9. The number of hydrogen-bond acceptors (Lipinski definition) is 6. The standard InChI is InChI=1S/C18H20N2O6S/c1-3-26-17(23)15-13(11-4-6-12(25-2)7-5-11)10-27-16(15)20-18(24)19-9-8-14(21)22/h4-7,10H,3,8-9H2,1-2H3,(H,21,22)(H2,19,20,24). The van der Waals surface area contributed by atoms with Gasteiger partial charge in [-0.05, 0) is 24.6 Å². The number of carbonyl (C=O) groups is 3. The molecule has 144 valence electrons. The van der Waals surface area contributed by atoms with E-state index in [4.69, 9.17) is 14.6 Å². The molecule has 0 saturated carbocycles. The molecule has 0 atom stereocenters. The average Bonchev–Trinajstić information content (AvgIpc) is 3.05. The molecule has 0 fully saturated rings. The first-order valence-corrected chi connectivity index (χ1v) is 9.03. The number of amides is 2. The van der Waals surface area contributed by atoms with Crippen LogP contribution in [0.15, 0.2) is 29.6 Å². The number of urea groups is 1. The van der Waals surface area contributed by atoms with Crippen molar-refractivity contribution in [2.75, 3.05) is 25.6 Å². The maximum Gasteiger partial charge on any atom is 0.341 e. The summed E-state index contributed by atoms with van der Waals surface area (Å²) in [6.07, 6.45) is -0.195. The minimum Gasteiger partial charge on any atom is -0.497 e. The minimum atomic E-state index is -1.01. The number of rotatable bonds is 8. The lowest BCUT2D eigenvalue weighted by Gasteiger charge is -2.09. The van der Waals surface area contributed by atoms with Crippen LogP contribution in [-0.4, -0.2) is 43.3 Å². The van der Waals surface area contributed by atoms with Gasteiger partial charge in [0.2, 0.25) is 0 Å². The second-order valence-corrected chi connectivity index (χ2v) is 6.21. The molecule has 0 aliphatic carbocycles. The number of nitrogens with one attached hydrogen (secondary N) is 2. The molecule has 0 radical (unpaired) electrons. The van der Waals surface area contributed by atoms with Gasteiger partial charge in [-0.15, -0.1) is 11.3 Å². The topological polar surface area (TPSA) is 114 Å². The van der Waals surface area contributed by atoms with Crippen LogP contribution in [0.1, 0.15) is 23.7 Å². The molecule has 0 saturated heterocycles. The van der Waals surface area contributed by atoms with Gasteiger partial charge in [-0.25, -0.2) is 9.59 Å². The molecule has 3 N–H and O–H groups in total. The van der Waals surface area contributed by atoms with Crippen molar-refractivity contribution >= 4 is 34.3 Å². The molecule has 0 bridgehead atoms. The average molecular weight is 392 g/mol. The smallest absolute Gasteiger partial charge is 0.341 e. The highest BCUT2D eigenvalue weighted by atomic mass is 32.1. The van der Waals surface area contributed by atoms with E-state index in [2.05, 4.69) is 10.6 Å². The van der Waals surface area contributed by atoms with Gasteiger partial charge < -0.3 is 19.9 Å². The Morgan fingerprint density at radius 2 is 1.89 bits per heavy atom. The number of ether oxygens (including phenoxy) is 2. The van der Waals surface area contributed by atoms with Crippen LogP contribution in [0, 0.1) is 0 Å². The van der Waals surface area contributed by atoms with Crippen LogP contribution in [0.5, 0.6) is 5.75 Å². The number of hydrogen-bond donors (Lipinski definition) is 3. The summed E-state index contributed by atoms with van der Waals surface area (Å²) in [5, 5.41) is 15.7. The molecule has 27 heavy (non-hydrogen) atoms. The summed E-state index contributed by atoms with van der Waals surface area (Å²) in [5.41, 5.74) is 1.65. The summed E-state index contributed by atoms with van der Waals surface area (Å²) >= 11 is 1.18. The number of esters is 1. The summed E-state index contributed by atoms with van der Waals surface area (Å²) in [6.45, 7) is 1.87. The Balaban J connectivity index is 2.26. The lowest BCUT2D eigenvalue weighted by Crippen LogP contribution is -2.30. The number of anilines is 1. The predicted molar refractivity (Wildman–Crippen MR) is 102 cm³/mol. The molecule has 1 heterocycles. The van der Waals surface area contributed by atoms with Gasteiger partial charge in [0, 0.05) is 17.5 Å². The van der Waals surface area contributed by atoms with E-state index in [0.717, 1.165) is 5.56 Å². The third-order valence-corrected chi connectivity index (χ3v) is 4.42. The molecule has 0 unspecified atom stereocenters. The molecule has 0 spiro atoms. The number of aliphatic carboxylic acids is 1. The first-order chi connectivity index (χ1) is 13.0. The van der Waals surface area contributed by atoms with Crippen LogP contribution in [0.25, 0.3) is 11.1 Å². The fourth-order valence-electron chi connectivity index (χ4n) is 2.27. The summed E-state index contributed by atoms with van der Waals surface area (Å²) in [4.78, 5) is 34.9. The number of methoxy groups -OCH3 is 1. The van der Waals surface area contributed by atoms with Crippen LogP contribution >= 0.6 is 11.3 Å². The molecule has 0 aliphatic rings. The zero-order valence-corrected chi connectivity index (χ0v) is 15.7. The Kier molecular flexibility index (Phi) is 7.18. The van der Waals surface area contributed by atoms with Crippen molar-refractivity contribution in [2.45, 2.75) is 13.3 Å². The Morgan fingerprint density at radius 1 is 1.19 bits per heavy atom. The quantitative estimate of drug-likeness (QED) is 0.595. The maximum atomic E-state index is 12.4. The number of carboxylic acids is 1. The van der Waals surface area contributed by atoms with Gasteiger partial charge in [0.1, 0.15) is 16.3 Å². The maximum absolute atomic E-state index is 12.4. The van der Waals surface area contributed by atoms with E-state index in [9.17, 15) is 14.4 Å². The number of carbonyl (C=O) groups excluding carboxylic acids is 2. The fraction of sp³-hybridized carbons (Fsp3) is 0.278. The number of carboxylic acid groups (broad SMARTS) is 1. The van der Waals surface area contributed by atoms with Crippen LogP contribution in [0.4, 0.5) is 9.80 Å². The lowest BCUT2D eigenvalue weighted by atomic mass is 10.0. The highest BCUT2D eigenvalue weighted by Gasteiger charge is 2.22. The van der Waals surface area contributed by atoms with Crippen molar-refractivity contribution in [1.29, 1.82) is 0 Å². The van der Waals surface area contributed by atoms with E-state index < -0.39 is 18.0 Å². The minimum absolute atomic E-state index is 0.0212. The van der Waals surface area contributed by atoms with E-state index in [1.807, 2.05) is 0 Å². The monoisotopic (exact) mass is 392 g/mol. The van der Waals surface area contributed by atoms with Gasteiger partial charge in [-0.2, -0.15) is 0 Å². The Labute approximate surface area is 160 Å². The van der Waals surface area contributed by atoms with Crippen molar-refractivity contribution in [3.05, 3.63) is 35.2 Å². The highest BCUT2D eigenvalue weighted by Crippen LogP contribution is 2.36. The molecule has 8 nitrogen and oxygen atoms in total. The van der Waals surface area contributed by atoms with Gasteiger partial charge in [0.25, 0.3) is 0 Å². The molecule has 1 aromatic carbocycles. The molecule has 9 heteroatoms. The molecule has 2 rings (SSSR count). The number of thiophene rings is 1. The van der Waals surface area contributed by atoms with Crippen LogP contribution in [-0.2, 0) is 9.53 Å². The van der Waals surface area contributed by atoms with Crippen LogP contribution in [0.3, 0.4) is 0 Å². The second-order valence-electron chi connectivity index (χ2n) is 5.33. The molecule has 2 aromatic rings. The van der Waals surface area contributed by atoms with Gasteiger partial charge in [0.05, 0.1) is 20.1 Å². The molecule has 2 amide bonds. The summed E-state index contributed by atoms with van der Waals surface area (Å²) in [5.74, 6) is -0.881. The Hall–Kier alpha value is -3.07. The van der Waals surface area contributed by atoms with Gasteiger partial charge in [-0.1, -0.05) is 12.1 Å². The fourth-order valence-corrected chi connectivity index (χ4v) is 3.22. The van der Waals surface area contributed by atoms with Crippen molar-refractivity contribution in [2.24, 2.45) is 0 Å². The van der Waals surface area contributed by atoms with Gasteiger partial charge in [0.15, 0.2) is 0 Å². The van der Waals surface area contributed by atoms with Gasteiger partial charge >= 0.3 is 18.0 Å². The normalized spacial score (nSPS) is 10.1. The van der Waals surface area contributed by atoms with E-state index >= 15 is 0 Å². The van der Waals surface area contributed by atoms with Crippen molar-refractivity contribution in [1.82, 2.24) is 5.32 Å². The Morgan fingerprint density at radius 3 is 2.48 bits per heavy atom. The summed E-state index contributed by atoms with van der Waals surface area (Å²) < 4.78 is 10.3. The molecule has 0 aliphatic heterocycles. The second kappa shape index (κ2) is 9.58. The Bertz CT molecular complexity index is 816. The first-order valence-electron chi connectivity index (χ1n) is 8.16. The van der Waals surface area contributed by atoms with Crippen molar-refractivity contribution in [3.63, 3.8) is 0 Å². The largest absolute Gasteiger partial charge is 0.497 e. The highest BCUT2D eigenvalue weighted by molar-refractivity contribution is 7.15. The van der Waals surface area contributed by atoms with E-state index in [0.29, 0.717) is 16.3 Å². The van der Waals surface area contributed by atoms with Crippen LogP contribution in [0.2, 0.25) is 0 Å². The van der Waals surface area contributed by atoms with Gasteiger partial charge in [-0.3, -0.25) is 10.1 Å². The molecular weight excluding hydrogens is 372 g/mol. The summed E-state index contributed by atoms with van der Waals surface area (Å²) in [6, 6.07) is 6.56. The van der Waals surface area contributed by atoms with Crippen LogP contribution < -0.4 is 15.4 Å². The molecule has 1 aromatic heterocycles.